The van der Waals surface area contributed by atoms with Crippen LogP contribution in [-0.2, 0) is 0 Å². The van der Waals surface area contributed by atoms with Crippen LogP contribution >= 0.6 is 0 Å². The Kier molecular flexibility index (Phi) is 6.82. The number of piperidine rings is 1. The lowest BCUT2D eigenvalue weighted by molar-refractivity contribution is -0.0632. The molecule has 1 atom stereocenters. The minimum Gasteiger partial charge on any atom is -0.460 e. The fraction of sp³-hybridized carbons (Fsp3) is 0.500. The normalized spacial score (nSPS) is 20.5. The lowest BCUT2D eigenvalue weighted by Gasteiger charge is -2.37. The molecule has 1 saturated heterocycles. The molecule has 1 amide bonds. The number of nitrogens with one attached hydrogen (secondary N) is 2. The zero-order valence-electron chi connectivity index (χ0n) is 21.2. The molecule has 2 saturated carbocycles. The van der Waals surface area contributed by atoms with E-state index in [4.69, 9.17) is 4.74 Å². The lowest BCUT2D eigenvalue weighted by atomic mass is 9.96. The number of hydrogen-bond acceptors (Lipinski definition) is 7. The summed E-state index contributed by atoms with van der Waals surface area (Å²) in [5, 5.41) is 7.18. The van der Waals surface area contributed by atoms with Crippen molar-refractivity contribution in [3.05, 3.63) is 53.9 Å². The third kappa shape index (κ3) is 5.70. The van der Waals surface area contributed by atoms with Crippen molar-refractivity contribution in [1.82, 2.24) is 25.2 Å². The molecule has 0 radical (unpaired) electrons. The van der Waals surface area contributed by atoms with Crippen molar-refractivity contribution in [2.45, 2.75) is 69.1 Å². The summed E-state index contributed by atoms with van der Waals surface area (Å²) in [6.45, 7) is 0.688. The van der Waals surface area contributed by atoms with Gasteiger partial charge < -0.3 is 15.4 Å². The van der Waals surface area contributed by atoms with Gasteiger partial charge in [0.15, 0.2) is 0 Å². The molecule has 8 nitrogen and oxygen atoms in total. The Balaban J connectivity index is 1.18. The second-order valence-electron chi connectivity index (χ2n) is 10.6. The lowest BCUT2D eigenvalue weighted by Crippen LogP contribution is -2.45. The second-order valence-corrected chi connectivity index (χ2v) is 10.6. The number of alkyl halides is 2. The van der Waals surface area contributed by atoms with Gasteiger partial charge in [-0.05, 0) is 56.4 Å². The van der Waals surface area contributed by atoms with E-state index in [-0.39, 0.29) is 50.5 Å². The average Bonchev–Trinajstić information content (AvgIpc) is 3.71. The van der Waals surface area contributed by atoms with E-state index in [9.17, 15) is 13.6 Å². The van der Waals surface area contributed by atoms with Crippen LogP contribution < -0.4 is 15.4 Å². The zero-order valence-corrected chi connectivity index (χ0v) is 21.2. The van der Waals surface area contributed by atoms with Crippen LogP contribution in [0.25, 0.3) is 10.9 Å². The van der Waals surface area contributed by atoms with E-state index in [0.717, 1.165) is 54.4 Å². The third-order valence-corrected chi connectivity index (χ3v) is 7.69. The molecule has 3 aromatic rings. The number of carbonyl (C=O) groups is 1. The number of nitrogens with zero attached hydrogens (tertiary/aromatic N) is 4. The van der Waals surface area contributed by atoms with Gasteiger partial charge in [0.05, 0.1) is 11.6 Å². The molecule has 3 aliphatic rings. The molecule has 0 bridgehead atoms. The van der Waals surface area contributed by atoms with Gasteiger partial charge in [0, 0.05) is 67.4 Å². The first kappa shape index (κ1) is 24.9. The summed E-state index contributed by atoms with van der Waals surface area (Å²) < 4.78 is 33.6. The van der Waals surface area contributed by atoms with Crippen LogP contribution in [0.4, 0.5) is 14.6 Å². The molecular formula is C28H32F2N6O2. The predicted molar refractivity (Wildman–Crippen MR) is 140 cm³/mol. The number of rotatable bonds is 9. The van der Waals surface area contributed by atoms with Crippen LogP contribution in [0.3, 0.4) is 0 Å². The molecule has 6 rings (SSSR count). The number of anilines is 1. The smallest absolute Gasteiger partial charge is 0.316 e. The fourth-order valence-corrected chi connectivity index (χ4v) is 4.97. The summed E-state index contributed by atoms with van der Waals surface area (Å²) in [6.07, 6.45) is 8.56. The van der Waals surface area contributed by atoms with Crippen molar-refractivity contribution < 1.29 is 18.3 Å². The summed E-state index contributed by atoms with van der Waals surface area (Å²) in [5.41, 5.74) is 2.03. The van der Waals surface area contributed by atoms with E-state index in [2.05, 4.69) is 25.6 Å². The van der Waals surface area contributed by atoms with Gasteiger partial charge in [0.1, 0.15) is 11.9 Å². The highest BCUT2D eigenvalue weighted by molar-refractivity contribution is 6.06. The molecule has 2 aliphatic carbocycles. The summed E-state index contributed by atoms with van der Waals surface area (Å²) >= 11 is 0. The van der Waals surface area contributed by atoms with Gasteiger partial charge in [0.2, 0.25) is 0 Å². The third-order valence-electron chi connectivity index (χ3n) is 7.69. The van der Waals surface area contributed by atoms with Gasteiger partial charge >= 0.3 is 6.01 Å². The highest BCUT2D eigenvalue weighted by Crippen LogP contribution is 2.33. The summed E-state index contributed by atoms with van der Waals surface area (Å²) in [4.78, 5) is 28.7. The number of amides is 1. The maximum Gasteiger partial charge on any atom is 0.316 e. The monoisotopic (exact) mass is 522 g/mol. The number of likely N-dealkylation sites (tertiary alicyclic amines) is 1. The number of halogens is 2. The molecule has 3 fully saturated rings. The van der Waals surface area contributed by atoms with Gasteiger partial charge in [-0.3, -0.25) is 9.69 Å². The van der Waals surface area contributed by atoms with Gasteiger partial charge in [-0.25, -0.2) is 23.7 Å². The molecule has 2 aromatic heterocycles. The van der Waals surface area contributed by atoms with Crippen molar-refractivity contribution in [3.63, 3.8) is 0 Å². The second kappa shape index (κ2) is 10.4. The van der Waals surface area contributed by atoms with Crippen LogP contribution in [0.2, 0.25) is 0 Å². The molecule has 1 aliphatic heterocycles. The van der Waals surface area contributed by atoms with Crippen LogP contribution in [-0.4, -0.2) is 63.5 Å². The Morgan fingerprint density at radius 2 is 1.84 bits per heavy atom. The Bertz CT molecular complexity index is 1290. The molecule has 1 aromatic carbocycles. The number of hydrogen-bond donors (Lipinski definition) is 2. The number of fused-ring (bicyclic) bond motifs is 1. The van der Waals surface area contributed by atoms with Crippen molar-refractivity contribution in [3.8, 4) is 6.01 Å². The maximum absolute atomic E-state index is 13.9. The Labute approximate surface area is 220 Å². The summed E-state index contributed by atoms with van der Waals surface area (Å²) in [5.74, 6) is -2.09. The molecule has 200 valence electrons. The number of benzene rings is 1. The Morgan fingerprint density at radius 1 is 1.08 bits per heavy atom. The molecular weight excluding hydrogens is 490 g/mol. The highest BCUT2D eigenvalue weighted by atomic mass is 19.3. The number of ether oxygens (including phenoxy) is 1. The molecule has 0 spiro atoms. The van der Waals surface area contributed by atoms with E-state index < -0.39 is 5.92 Å². The van der Waals surface area contributed by atoms with E-state index in [1.54, 1.807) is 18.5 Å². The minimum absolute atomic E-state index is 0.163. The van der Waals surface area contributed by atoms with E-state index in [1.165, 1.54) is 0 Å². The quantitative estimate of drug-likeness (QED) is 0.420. The standard InChI is InChI=1S/C28H32F2N6O2/c29-28(30)11-13-36(14-12-28)24(18-15-32-27(33-16-18)38-20-3-1-4-20)17-31-26(37)22-5-2-6-23-21(22)9-10-25(35-23)34-19-7-8-19/h2,5-6,9-10,15-16,19-20,24H,1,3-4,7-8,11-14,17H2,(H,31,37)(H,34,35). The van der Waals surface area contributed by atoms with Crippen LogP contribution in [0.1, 0.15) is 66.9 Å². The number of pyridine rings is 1. The van der Waals surface area contributed by atoms with Crippen LogP contribution in [0.5, 0.6) is 6.01 Å². The van der Waals surface area contributed by atoms with Gasteiger partial charge in [-0.1, -0.05) is 6.07 Å². The van der Waals surface area contributed by atoms with Crippen molar-refractivity contribution in [1.29, 1.82) is 0 Å². The van der Waals surface area contributed by atoms with Crippen LogP contribution in [0, 0.1) is 0 Å². The predicted octanol–water partition coefficient (Wildman–Crippen LogP) is 4.73. The van der Waals surface area contributed by atoms with Crippen LogP contribution in [0.15, 0.2) is 42.7 Å². The van der Waals surface area contributed by atoms with Gasteiger partial charge in [-0.15, -0.1) is 0 Å². The molecule has 3 heterocycles. The summed E-state index contributed by atoms with van der Waals surface area (Å²) in [6, 6.07) is 9.79. The summed E-state index contributed by atoms with van der Waals surface area (Å²) in [7, 11) is 0. The van der Waals surface area contributed by atoms with Crippen molar-refractivity contribution in [2.24, 2.45) is 0 Å². The first-order chi connectivity index (χ1) is 18.4. The van der Waals surface area contributed by atoms with Crippen molar-refractivity contribution >= 4 is 22.6 Å². The Hall–Kier alpha value is -3.40. The molecule has 1 unspecified atom stereocenters. The molecule has 38 heavy (non-hydrogen) atoms. The van der Waals surface area contributed by atoms with Gasteiger partial charge in [0.25, 0.3) is 11.8 Å². The fourth-order valence-electron chi connectivity index (χ4n) is 4.97. The number of aromatic nitrogens is 3. The maximum atomic E-state index is 13.9. The zero-order chi connectivity index (χ0) is 26.1. The van der Waals surface area contributed by atoms with E-state index >= 15 is 0 Å². The largest absolute Gasteiger partial charge is 0.460 e. The topological polar surface area (TPSA) is 92.3 Å². The first-order valence-corrected chi connectivity index (χ1v) is 13.5. The van der Waals surface area contributed by atoms with E-state index in [1.807, 2.05) is 29.2 Å². The van der Waals surface area contributed by atoms with Gasteiger partial charge in [-0.2, -0.15) is 0 Å². The number of carbonyl (C=O) groups excluding carboxylic acids is 1. The van der Waals surface area contributed by atoms with E-state index in [0.29, 0.717) is 17.6 Å². The Morgan fingerprint density at radius 3 is 2.53 bits per heavy atom. The molecule has 10 heteroatoms. The molecule has 2 N–H and O–H groups in total. The highest BCUT2D eigenvalue weighted by Gasteiger charge is 2.37. The average molecular weight is 523 g/mol. The SMILES string of the molecule is O=C(NCC(c1cnc(OC2CCC2)nc1)N1CCC(F)(F)CC1)c1cccc2nc(NC3CC3)ccc12. The van der Waals surface area contributed by atoms with Crippen molar-refractivity contribution in [2.75, 3.05) is 25.0 Å². The minimum atomic E-state index is -2.66. The first-order valence-electron chi connectivity index (χ1n) is 13.5.